The first-order chi connectivity index (χ1) is 21.4. The van der Waals surface area contributed by atoms with Gasteiger partial charge in [-0.3, -0.25) is 19.3 Å². The lowest BCUT2D eigenvalue weighted by Gasteiger charge is -2.60. The summed E-state index contributed by atoms with van der Waals surface area (Å²) in [5, 5.41) is 69.4. The molecule has 1 heterocycles. The van der Waals surface area contributed by atoms with Gasteiger partial charge in [0.1, 0.15) is 40.1 Å². The lowest BCUT2D eigenvalue weighted by molar-refractivity contribution is -0.243. The molecule has 0 radical (unpaired) electrons. The summed E-state index contributed by atoms with van der Waals surface area (Å²) in [4.78, 5) is 45.4. The van der Waals surface area contributed by atoms with Gasteiger partial charge in [0.25, 0.3) is 0 Å². The highest BCUT2D eigenvalue weighted by molar-refractivity contribution is 6.26. The van der Waals surface area contributed by atoms with Crippen molar-refractivity contribution in [1.82, 2.24) is 14.7 Å². The van der Waals surface area contributed by atoms with Crippen LogP contribution in [0, 0.1) is 5.92 Å². The van der Waals surface area contributed by atoms with Crippen LogP contribution in [0.15, 0.2) is 34.3 Å². The molecule has 14 nitrogen and oxygen atoms in total. The third-order valence-electron chi connectivity index (χ3n) is 9.86. The lowest BCUT2D eigenvalue weighted by atomic mass is 9.50. The molecular weight excluding hydrogens is 600 g/mol. The molecule has 5 rings (SSSR count). The number of phenols is 1. The molecule has 1 aromatic heterocycles. The summed E-state index contributed by atoms with van der Waals surface area (Å²) in [5.74, 6) is -6.92. The number of hydrogen-bond donors (Lipinski definition) is 7. The molecule has 3 aliphatic carbocycles. The molecular formula is C32H42N4O10. The van der Waals surface area contributed by atoms with E-state index in [0.29, 0.717) is 23.6 Å². The predicted octanol–water partition coefficient (Wildman–Crippen LogP) is -0.998. The SMILES string of the molecule is CCN(C)CCN(C)Cc1ccc(-c2ccc(O)c3c2C[C@@]2(O)C[C@@]4(O)[C@@H](N(C)C)C(O)C(C(N)=O)C(=O)[C@@]4(O)C(=O)C2=C3O)o1. The van der Waals surface area contributed by atoms with Crippen molar-refractivity contribution in [2.24, 2.45) is 11.7 Å². The van der Waals surface area contributed by atoms with Crippen LogP contribution >= 0.6 is 0 Å². The van der Waals surface area contributed by atoms with Gasteiger partial charge in [0.15, 0.2) is 5.78 Å². The highest BCUT2D eigenvalue weighted by Gasteiger charge is 2.77. The van der Waals surface area contributed by atoms with E-state index in [1.54, 1.807) is 12.1 Å². The van der Waals surface area contributed by atoms with Crippen LogP contribution in [0.25, 0.3) is 17.1 Å². The number of Topliss-reactive ketones (excluding diaryl/α,β-unsaturated/α-hetero) is 2. The largest absolute Gasteiger partial charge is 0.507 e. The number of benzene rings is 1. The van der Waals surface area contributed by atoms with Gasteiger partial charge < -0.3 is 50.6 Å². The Morgan fingerprint density at radius 1 is 1.02 bits per heavy atom. The number of aromatic hydroxyl groups is 1. The lowest BCUT2D eigenvalue weighted by Crippen LogP contribution is -2.84. The fraction of sp³-hybridized carbons (Fsp3) is 0.531. The van der Waals surface area contributed by atoms with E-state index in [2.05, 4.69) is 16.7 Å². The topological polar surface area (TPSA) is 221 Å². The molecule has 1 amide bonds. The number of ketones is 2. The number of rotatable bonds is 9. The maximum Gasteiger partial charge on any atom is 0.230 e. The van der Waals surface area contributed by atoms with E-state index < -0.39 is 82.3 Å². The van der Waals surface area contributed by atoms with Crippen molar-refractivity contribution in [1.29, 1.82) is 0 Å². The van der Waals surface area contributed by atoms with Gasteiger partial charge in [0.2, 0.25) is 17.3 Å². The molecule has 3 aliphatic rings. The zero-order valence-corrected chi connectivity index (χ0v) is 26.5. The van der Waals surface area contributed by atoms with Crippen molar-refractivity contribution in [2.45, 2.75) is 55.3 Å². The molecule has 2 fully saturated rings. The quantitative estimate of drug-likeness (QED) is 0.163. The fourth-order valence-corrected chi connectivity index (χ4v) is 7.43. The predicted molar refractivity (Wildman–Crippen MR) is 164 cm³/mol. The van der Waals surface area contributed by atoms with E-state index >= 15 is 0 Å². The number of aliphatic hydroxyl groups excluding tert-OH is 2. The number of aliphatic hydroxyl groups is 5. The van der Waals surface area contributed by atoms with Gasteiger partial charge in [-0.2, -0.15) is 0 Å². The zero-order valence-electron chi connectivity index (χ0n) is 26.5. The second-order valence-corrected chi connectivity index (χ2v) is 13.1. The third kappa shape index (κ3) is 4.87. The average molecular weight is 643 g/mol. The van der Waals surface area contributed by atoms with Crippen molar-refractivity contribution in [3.05, 3.63) is 46.7 Å². The standard InChI is InChI=1S/C32H42N4O10/c1-6-35(4)11-12-36(5)14-16-7-10-20(46-16)17-8-9-19(37)21-18(17)13-30(43)15-31(44)26(34(2)3)25(39)22(29(33)42)27(40)32(31,45)28(41)23(30)24(21)38/h7-10,22,25-26,37-39,43-45H,6,11-15H2,1-5H3,(H2,33,42)/t22?,25?,26-,30+,31+,32+/m0/s1. The normalized spacial score (nSPS) is 31.0. The Morgan fingerprint density at radius 3 is 2.28 bits per heavy atom. The number of hydrogen-bond acceptors (Lipinski definition) is 13. The monoisotopic (exact) mass is 642 g/mol. The Kier molecular flexibility index (Phi) is 8.48. The minimum absolute atomic E-state index is 0.184. The Balaban J connectivity index is 1.61. The van der Waals surface area contributed by atoms with Crippen LogP contribution in [-0.2, 0) is 27.3 Å². The minimum Gasteiger partial charge on any atom is -0.507 e. The summed E-state index contributed by atoms with van der Waals surface area (Å²) in [7, 11) is 6.76. The Hall–Kier alpha value is -3.63. The number of furan rings is 1. The molecule has 1 aromatic carbocycles. The molecule has 0 saturated heterocycles. The van der Waals surface area contributed by atoms with Crippen LogP contribution in [0.4, 0.5) is 0 Å². The van der Waals surface area contributed by atoms with Crippen molar-refractivity contribution in [3.63, 3.8) is 0 Å². The van der Waals surface area contributed by atoms with Crippen LogP contribution in [-0.4, -0.2) is 140 Å². The molecule has 0 spiro atoms. The molecule has 250 valence electrons. The number of primary amides is 1. The number of nitrogens with zero attached hydrogens (tertiary/aromatic N) is 3. The summed E-state index contributed by atoms with van der Waals surface area (Å²) in [6.07, 6.45) is -3.31. The zero-order chi connectivity index (χ0) is 34.1. The van der Waals surface area contributed by atoms with Crippen molar-refractivity contribution < 1.29 is 49.4 Å². The van der Waals surface area contributed by atoms with Crippen molar-refractivity contribution in [3.8, 4) is 17.1 Å². The molecule has 2 unspecified atom stereocenters. The first kappa shape index (κ1) is 33.7. The number of fused-ring (bicyclic) bond motifs is 3. The van der Waals surface area contributed by atoms with Crippen LogP contribution in [0.1, 0.15) is 30.2 Å². The highest BCUT2D eigenvalue weighted by Crippen LogP contribution is 2.56. The van der Waals surface area contributed by atoms with Crippen LogP contribution in [0.2, 0.25) is 0 Å². The summed E-state index contributed by atoms with van der Waals surface area (Å²) in [6, 6.07) is 4.66. The fourth-order valence-electron chi connectivity index (χ4n) is 7.43. The smallest absolute Gasteiger partial charge is 0.230 e. The summed E-state index contributed by atoms with van der Waals surface area (Å²) < 4.78 is 6.14. The number of nitrogens with two attached hydrogens (primary N) is 1. The third-order valence-corrected chi connectivity index (χ3v) is 9.86. The van der Waals surface area contributed by atoms with E-state index in [9.17, 15) is 45.0 Å². The van der Waals surface area contributed by atoms with E-state index in [0.717, 1.165) is 19.6 Å². The van der Waals surface area contributed by atoms with Crippen LogP contribution < -0.4 is 5.73 Å². The second kappa shape index (κ2) is 11.6. The summed E-state index contributed by atoms with van der Waals surface area (Å²) in [6.45, 7) is 5.14. The van der Waals surface area contributed by atoms with Gasteiger partial charge in [0, 0.05) is 31.5 Å². The van der Waals surface area contributed by atoms with Crippen molar-refractivity contribution >= 4 is 23.2 Å². The van der Waals surface area contributed by atoms with Gasteiger partial charge in [-0.05, 0) is 64.6 Å². The number of likely N-dealkylation sites (N-methyl/N-ethyl adjacent to an activating group) is 3. The number of carbonyl (C=O) groups excluding carboxylic acids is 3. The Morgan fingerprint density at radius 2 is 1.67 bits per heavy atom. The maximum atomic E-state index is 14.1. The molecule has 46 heavy (non-hydrogen) atoms. The molecule has 8 N–H and O–H groups in total. The van der Waals surface area contributed by atoms with Gasteiger partial charge >= 0.3 is 0 Å². The molecule has 2 aromatic rings. The highest BCUT2D eigenvalue weighted by atomic mass is 16.4. The number of amides is 1. The van der Waals surface area contributed by atoms with E-state index in [1.807, 2.05) is 14.1 Å². The first-order valence-corrected chi connectivity index (χ1v) is 15.1. The van der Waals surface area contributed by atoms with E-state index in [4.69, 9.17) is 10.2 Å². The molecule has 14 heteroatoms. The minimum atomic E-state index is -3.38. The van der Waals surface area contributed by atoms with Gasteiger partial charge in [-0.1, -0.05) is 6.92 Å². The molecule has 6 atom stereocenters. The Labute approximate surface area is 265 Å². The van der Waals surface area contributed by atoms with Crippen molar-refractivity contribution in [2.75, 3.05) is 47.8 Å². The van der Waals surface area contributed by atoms with Crippen LogP contribution in [0.3, 0.4) is 0 Å². The second-order valence-electron chi connectivity index (χ2n) is 13.1. The summed E-state index contributed by atoms with van der Waals surface area (Å²) in [5.41, 5.74) is -3.71. The number of carbonyl (C=O) groups is 3. The number of phenolic OH excluding ortho intramolecular Hbond substituents is 1. The van der Waals surface area contributed by atoms with Gasteiger partial charge in [-0.15, -0.1) is 0 Å². The average Bonchev–Trinajstić information content (AvgIpc) is 3.41. The maximum absolute atomic E-state index is 14.1. The van der Waals surface area contributed by atoms with E-state index in [-0.39, 0.29) is 11.1 Å². The Bertz CT molecular complexity index is 1620. The van der Waals surface area contributed by atoms with Gasteiger partial charge in [0.05, 0.1) is 29.8 Å². The van der Waals surface area contributed by atoms with Gasteiger partial charge in [-0.25, -0.2) is 0 Å². The van der Waals surface area contributed by atoms with E-state index in [1.165, 1.54) is 31.1 Å². The van der Waals surface area contributed by atoms with Crippen LogP contribution in [0.5, 0.6) is 5.75 Å². The molecule has 2 saturated carbocycles. The molecule has 0 bridgehead atoms. The molecule has 0 aliphatic heterocycles. The summed E-state index contributed by atoms with van der Waals surface area (Å²) >= 11 is 0. The first-order valence-electron chi connectivity index (χ1n) is 15.1.